The maximum atomic E-state index is 12.6. The summed E-state index contributed by atoms with van der Waals surface area (Å²) in [7, 11) is 0. The summed E-state index contributed by atoms with van der Waals surface area (Å²) < 4.78 is 10.6. The number of cyclic esters (lactones) is 1. The molecule has 0 radical (unpaired) electrons. The Morgan fingerprint density at radius 1 is 1.10 bits per heavy atom. The Kier molecular flexibility index (Phi) is 7.35. The van der Waals surface area contributed by atoms with Crippen molar-refractivity contribution in [1.82, 2.24) is 5.32 Å². The molecular formula is C24H23NO6. The highest BCUT2D eigenvalue weighted by Crippen LogP contribution is 2.26. The summed E-state index contributed by atoms with van der Waals surface area (Å²) in [5.74, 6) is -1.75. The van der Waals surface area contributed by atoms with Gasteiger partial charge in [0.15, 0.2) is 12.2 Å². The number of carbonyl (C=O) groups excluding carboxylic acids is 3. The van der Waals surface area contributed by atoms with Crippen molar-refractivity contribution in [2.24, 2.45) is 0 Å². The smallest absolute Gasteiger partial charge is 0.331 e. The lowest BCUT2D eigenvalue weighted by Crippen LogP contribution is -2.54. The van der Waals surface area contributed by atoms with E-state index in [1.807, 2.05) is 30.3 Å². The molecule has 0 saturated heterocycles. The van der Waals surface area contributed by atoms with Crippen LogP contribution in [0.2, 0.25) is 0 Å². The number of carbonyl (C=O) groups is 3. The predicted molar refractivity (Wildman–Crippen MR) is 113 cm³/mol. The molecule has 0 aliphatic carbocycles. The van der Waals surface area contributed by atoms with Gasteiger partial charge in [0.25, 0.3) is 0 Å². The van der Waals surface area contributed by atoms with Crippen molar-refractivity contribution in [2.75, 3.05) is 0 Å². The van der Waals surface area contributed by atoms with Crippen LogP contribution in [-0.4, -0.2) is 41.2 Å². The molecule has 1 heterocycles. The number of benzene rings is 2. The first-order valence-corrected chi connectivity index (χ1v) is 9.76. The molecule has 0 saturated carbocycles. The molecule has 1 amide bonds. The van der Waals surface area contributed by atoms with E-state index in [2.05, 4.69) is 5.32 Å². The predicted octanol–water partition coefficient (Wildman–Crippen LogP) is 2.33. The molecule has 3 rings (SSSR count). The van der Waals surface area contributed by atoms with Crippen molar-refractivity contribution < 1.29 is 29.0 Å². The lowest BCUT2D eigenvalue weighted by molar-refractivity contribution is -0.167. The fraction of sp³-hybridized carbons (Fsp3) is 0.208. The van der Waals surface area contributed by atoms with Crippen LogP contribution in [0.5, 0.6) is 0 Å². The Balaban J connectivity index is 1.87. The molecule has 0 spiro atoms. The van der Waals surface area contributed by atoms with E-state index < -0.39 is 42.2 Å². The van der Waals surface area contributed by atoms with Crippen LogP contribution in [0.3, 0.4) is 0 Å². The van der Waals surface area contributed by atoms with Crippen LogP contribution in [0.1, 0.15) is 24.2 Å². The number of rotatable bonds is 7. The number of aliphatic hydroxyl groups is 1. The third-order valence-corrected chi connectivity index (χ3v) is 4.67. The van der Waals surface area contributed by atoms with Crippen molar-refractivity contribution in [3.63, 3.8) is 0 Å². The van der Waals surface area contributed by atoms with Crippen LogP contribution in [0.15, 0.2) is 78.9 Å². The van der Waals surface area contributed by atoms with Gasteiger partial charge in [-0.05, 0) is 23.3 Å². The third kappa shape index (κ3) is 6.13. The Morgan fingerprint density at radius 2 is 1.74 bits per heavy atom. The van der Waals surface area contributed by atoms with E-state index in [4.69, 9.17) is 9.47 Å². The van der Waals surface area contributed by atoms with Gasteiger partial charge in [0.05, 0.1) is 0 Å². The largest absolute Gasteiger partial charge is 0.454 e. The molecule has 4 atom stereocenters. The highest BCUT2D eigenvalue weighted by Gasteiger charge is 2.41. The topological polar surface area (TPSA) is 102 Å². The molecule has 0 bridgehead atoms. The number of nitrogens with one attached hydrogen (secondary N) is 1. The molecular weight excluding hydrogens is 398 g/mol. The van der Waals surface area contributed by atoms with E-state index in [0.717, 1.165) is 11.6 Å². The summed E-state index contributed by atoms with van der Waals surface area (Å²) in [5, 5.41) is 13.7. The zero-order valence-corrected chi connectivity index (χ0v) is 16.9. The standard InChI is InChI=1S/C24H23NO6/c1-16(26)30-19-13-15-21(28)31-24(19)22(23(29)18-10-6-3-7-11-18)25-20(27)14-12-17-8-4-2-5-9-17/h2-15,19,22-24,29H,1H3,(H,25,27)/b14-12+/t19-,22-,23+,24+/m0/s1. The van der Waals surface area contributed by atoms with Crippen LogP contribution >= 0.6 is 0 Å². The second-order valence-corrected chi connectivity index (χ2v) is 6.97. The van der Waals surface area contributed by atoms with Gasteiger partial charge in [0.2, 0.25) is 5.91 Å². The number of amides is 1. The van der Waals surface area contributed by atoms with Gasteiger partial charge in [-0.3, -0.25) is 9.59 Å². The zero-order chi connectivity index (χ0) is 22.2. The first kappa shape index (κ1) is 22.0. The van der Waals surface area contributed by atoms with Crippen molar-refractivity contribution >= 4 is 23.9 Å². The Morgan fingerprint density at radius 3 is 2.39 bits per heavy atom. The van der Waals surface area contributed by atoms with Gasteiger partial charge in [-0.25, -0.2) is 4.79 Å². The minimum atomic E-state index is -1.22. The molecule has 0 aromatic heterocycles. The first-order valence-electron chi connectivity index (χ1n) is 9.76. The number of esters is 2. The molecule has 7 heteroatoms. The third-order valence-electron chi connectivity index (χ3n) is 4.67. The van der Waals surface area contributed by atoms with E-state index in [1.54, 1.807) is 36.4 Å². The van der Waals surface area contributed by atoms with E-state index in [0.29, 0.717) is 5.56 Å². The lowest BCUT2D eigenvalue weighted by atomic mass is 9.93. The average Bonchev–Trinajstić information content (AvgIpc) is 2.78. The minimum absolute atomic E-state index is 0.504. The molecule has 1 aliphatic heterocycles. The average molecular weight is 421 g/mol. The number of ether oxygens (including phenoxy) is 2. The minimum Gasteiger partial charge on any atom is -0.454 e. The first-order chi connectivity index (χ1) is 14.9. The second-order valence-electron chi connectivity index (χ2n) is 6.97. The molecule has 0 fully saturated rings. The van der Waals surface area contributed by atoms with Crippen LogP contribution in [0.25, 0.3) is 6.08 Å². The van der Waals surface area contributed by atoms with E-state index in [-0.39, 0.29) is 0 Å². The molecule has 2 aromatic carbocycles. The van der Waals surface area contributed by atoms with E-state index >= 15 is 0 Å². The Bertz CT molecular complexity index is 970. The van der Waals surface area contributed by atoms with Gasteiger partial charge in [-0.1, -0.05) is 60.7 Å². The highest BCUT2D eigenvalue weighted by atomic mass is 16.6. The van der Waals surface area contributed by atoms with Crippen molar-refractivity contribution in [1.29, 1.82) is 0 Å². The zero-order valence-electron chi connectivity index (χ0n) is 16.9. The lowest BCUT2D eigenvalue weighted by Gasteiger charge is -2.35. The van der Waals surface area contributed by atoms with Gasteiger partial charge in [-0.15, -0.1) is 0 Å². The fourth-order valence-corrected chi connectivity index (χ4v) is 3.25. The van der Waals surface area contributed by atoms with Gasteiger partial charge in [0.1, 0.15) is 12.1 Å². The van der Waals surface area contributed by atoms with Crippen LogP contribution in [-0.2, 0) is 23.9 Å². The normalized spacial score (nSPS) is 20.0. The van der Waals surface area contributed by atoms with Crippen molar-refractivity contribution in [3.05, 3.63) is 90.0 Å². The summed E-state index contributed by atoms with van der Waals surface area (Å²) in [6.07, 6.45) is 2.17. The van der Waals surface area contributed by atoms with Gasteiger partial charge in [-0.2, -0.15) is 0 Å². The molecule has 2 N–H and O–H groups in total. The van der Waals surface area contributed by atoms with Crippen LogP contribution in [0, 0.1) is 0 Å². The molecule has 31 heavy (non-hydrogen) atoms. The van der Waals surface area contributed by atoms with Gasteiger partial charge >= 0.3 is 11.9 Å². The Hall–Kier alpha value is -3.71. The van der Waals surface area contributed by atoms with Crippen LogP contribution < -0.4 is 5.32 Å². The summed E-state index contributed by atoms with van der Waals surface area (Å²) in [4.78, 5) is 36.1. The molecule has 160 valence electrons. The fourth-order valence-electron chi connectivity index (χ4n) is 3.25. The molecule has 0 unspecified atom stereocenters. The van der Waals surface area contributed by atoms with Gasteiger partial charge in [0, 0.05) is 19.1 Å². The van der Waals surface area contributed by atoms with Crippen molar-refractivity contribution in [2.45, 2.75) is 31.3 Å². The SMILES string of the molecule is CC(=O)O[C@H]1C=CC(=O)O[C@H]1[C@@H](NC(=O)/C=C/c1ccccc1)[C@H](O)c1ccccc1. The van der Waals surface area contributed by atoms with Crippen molar-refractivity contribution in [3.8, 4) is 0 Å². The number of aliphatic hydroxyl groups excluding tert-OH is 1. The molecule has 1 aliphatic rings. The van der Waals surface area contributed by atoms with Gasteiger partial charge < -0.3 is 19.9 Å². The van der Waals surface area contributed by atoms with Crippen LogP contribution in [0.4, 0.5) is 0 Å². The summed E-state index contributed by atoms with van der Waals surface area (Å²) in [6.45, 7) is 1.23. The summed E-state index contributed by atoms with van der Waals surface area (Å²) >= 11 is 0. The van der Waals surface area contributed by atoms with E-state index in [9.17, 15) is 19.5 Å². The Labute approximate surface area is 180 Å². The van der Waals surface area contributed by atoms with E-state index in [1.165, 1.54) is 19.1 Å². The maximum Gasteiger partial charge on any atom is 0.331 e. The summed E-state index contributed by atoms with van der Waals surface area (Å²) in [5.41, 5.74) is 1.33. The second kappa shape index (κ2) is 10.4. The molecule has 7 nitrogen and oxygen atoms in total. The number of hydrogen-bond donors (Lipinski definition) is 2. The maximum absolute atomic E-state index is 12.6. The highest BCUT2D eigenvalue weighted by molar-refractivity contribution is 5.92. The quantitative estimate of drug-likeness (QED) is 0.526. The number of hydrogen-bond acceptors (Lipinski definition) is 6. The monoisotopic (exact) mass is 421 g/mol. The summed E-state index contributed by atoms with van der Waals surface area (Å²) in [6, 6.07) is 16.8. The molecule has 2 aromatic rings.